The lowest BCUT2D eigenvalue weighted by atomic mass is 10.2. The third kappa shape index (κ3) is 3.77. The van der Waals surface area contributed by atoms with Crippen molar-refractivity contribution in [1.29, 1.82) is 0 Å². The number of nitrogens with one attached hydrogen (secondary N) is 1. The maximum Gasteiger partial charge on any atom is 0.434 e. The second-order valence-corrected chi connectivity index (χ2v) is 5.31. The molecule has 1 N–H and O–H groups in total. The molecule has 10 heteroatoms. The number of hydrogen-bond donors (Lipinski definition) is 1. The van der Waals surface area contributed by atoms with E-state index in [0.717, 1.165) is 12.3 Å². The fourth-order valence-corrected chi connectivity index (χ4v) is 2.62. The van der Waals surface area contributed by atoms with Gasteiger partial charge in [-0.1, -0.05) is 12.1 Å². The van der Waals surface area contributed by atoms with Crippen molar-refractivity contribution in [3.63, 3.8) is 0 Å². The minimum absolute atomic E-state index is 0. The minimum atomic E-state index is -4.85. The van der Waals surface area contributed by atoms with Crippen molar-refractivity contribution in [1.82, 2.24) is 20.0 Å². The van der Waals surface area contributed by atoms with Gasteiger partial charge >= 0.3 is 6.18 Å². The quantitative estimate of drug-likeness (QED) is 0.817. The Kier molecular flexibility index (Phi) is 5.69. The topological polar surface area (TPSA) is 50.2 Å². The lowest BCUT2D eigenvalue weighted by Gasteiger charge is -2.27. The monoisotopic (exact) mass is 378 g/mol. The lowest BCUT2D eigenvalue weighted by Crippen LogP contribution is -2.46. The first-order chi connectivity index (χ1) is 11.4. The van der Waals surface area contributed by atoms with Gasteiger partial charge in [-0.3, -0.25) is 4.79 Å². The van der Waals surface area contributed by atoms with Gasteiger partial charge in [-0.25, -0.2) is 9.07 Å². The van der Waals surface area contributed by atoms with E-state index in [4.69, 9.17) is 0 Å². The molecule has 136 valence electrons. The number of para-hydroxylation sites is 1. The fraction of sp³-hybridized carbons (Fsp3) is 0.333. The number of carbonyl (C=O) groups excluding carboxylic acids is 1. The average molecular weight is 379 g/mol. The summed E-state index contributed by atoms with van der Waals surface area (Å²) in [6, 6.07) is 4.98. The molecule has 1 aliphatic heterocycles. The van der Waals surface area contributed by atoms with Crippen LogP contribution in [0.25, 0.3) is 5.69 Å². The number of nitrogens with zero attached hydrogens (tertiary/aromatic N) is 3. The molecule has 0 saturated carbocycles. The number of aromatic nitrogens is 2. The molecule has 0 bridgehead atoms. The number of alkyl halides is 3. The van der Waals surface area contributed by atoms with Crippen LogP contribution in [0.3, 0.4) is 0 Å². The van der Waals surface area contributed by atoms with E-state index in [2.05, 4.69) is 10.4 Å². The van der Waals surface area contributed by atoms with Crippen LogP contribution in [0.4, 0.5) is 17.6 Å². The van der Waals surface area contributed by atoms with E-state index >= 15 is 0 Å². The Morgan fingerprint density at radius 3 is 2.40 bits per heavy atom. The normalized spacial score (nSPS) is 15.0. The minimum Gasteiger partial charge on any atom is -0.336 e. The van der Waals surface area contributed by atoms with E-state index in [-0.39, 0.29) is 18.1 Å². The van der Waals surface area contributed by atoms with E-state index in [1.54, 1.807) is 0 Å². The van der Waals surface area contributed by atoms with Crippen molar-refractivity contribution in [3.8, 4) is 5.69 Å². The maximum absolute atomic E-state index is 13.9. The zero-order chi connectivity index (χ0) is 17.3. The standard InChI is InChI=1S/C15H14F4N4O.ClH/c16-11-3-1-2-4-12(11)23-13(15(17,18)19)10(9-21-23)14(24)22-7-5-20-6-8-22;/h1-4,9,20H,5-8H2;1H. The molecule has 1 fully saturated rings. The summed E-state index contributed by atoms with van der Waals surface area (Å²) in [5.41, 5.74) is -2.20. The highest BCUT2D eigenvalue weighted by molar-refractivity contribution is 5.95. The van der Waals surface area contributed by atoms with E-state index in [1.165, 1.54) is 23.1 Å². The van der Waals surface area contributed by atoms with Crippen LogP contribution in [-0.4, -0.2) is 46.8 Å². The molecule has 0 spiro atoms. The molecule has 1 aromatic heterocycles. The molecule has 1 amide bonds. The molecule has 1 aliphatic rings. The number of amides is 1. The molecule has 5 nitrogen and oxygen atoms in total. The first-order valence-corrected chi connectivity index (χ1v) is 7.29. The zero-order valence-electron chi connectivity index (χ0n) is 12.9. The molecular weight excluding hydrogens is 364 g/mol. The highest BCUT2D eigenvalue weighted by Gasteiger charge is 2.41. The van der Waals surface area contributed by atoms with Crippen LogP contribution in [0.5, 0.6) is 0 Å². The van der Waals surface area contributed by atoms with Crippen molar-refractivity contribution in [2.45, 2.75) is 6.18 Å². The van der Waals surface area contributed by atoms with Gasteiger partial charge < -0.3 is 10.2 Å². The van der Waals surface area contributed by atoms with Gasteiger partial charge in [0.05, 0.1) is 11.8 Å². The van der Waals surface area contributed by atoms with Crippen molar-refractivity contribution in [2.75, 3.05) is 26.2 Å². The van der Waals surface area contributed by atoms with Crippen molar-refractivity contribution >= 4 is 18.3 Å². The van der Waals surface area contributed by atoms with Gasteiger partial charge in [-0.05, 0) is 12.1 Å². The number of piperazine rings is 1. The van der Waals surface area contributed by atoms with Crippen molar-refractivity contribution < 1.29 is 22.4 Å². The number of halogens is 5. The predicted molar refractivity (Wildman–Crippen MR) is 84.5 cm³/mol. The Hall–Kier alpha value is -2.13. The summed E-state index contributed by atoms with van der Waals surface area (Å²) in [5.74, 6) is -1.61. The summed E-state index contributed by atoms with van der Waals surface area (Å²) in [6.07, 6.45) is -4.00. The third-order valence-electron chi connectivity index (χ3n) is 3.75. The molecule has 1 aromatic carbocycles. The van der Waals surface area contributed by atoms with Crippen LogP contribution >= 0.6 is 12.4 Å². The third-order valence-corrected chi connectivity index (χ3v) is 3.75. The number of rotatable bonds is 2. The lowest BCUT2D eigenvalue weighted by molar-refractivity contribution is -0.143. The molecule has 1 saturated heterocycles. The summed E-state index contributed by atoms with van der Waals surface area (Å²) in [5, 5.41) is 6.64. The largest absolute Gasteiger partial charge is 0.434 e. The fourth-order valence-electron chi connectivity index (χ4n) is 2.62. The van der Waals surface area contributed by atoms with Crippen LogP contribution in [0.1, 0.15) is 16.1 Å². The van der Waals surface area contributed by atoms with Crippen LogP contribution < -0.4 is 5.32 Å². The average Bonchev–Trinajstić information content (AvgIpc) is 3.00. The summed E-state index contributed by atoms with van der Waals surface area (Å²) in [7, 11) is 0. The molecule has 0 unspecified atom stereocenters. The first-order valence-electron chi connectivity index (χ1n) is 7.29. The Morgan fingerprint density at radius 1 is 1.16 bits per heavy atom. The highest BCUT2D eigenvalue weighted by atomic mass is 35.5. The van der Waals surface area contributed by atoms with Gasteiger partial charge in [0.1, 0.15) is 11.5 Å². The van der Waals surface area contributed by atoms with Gasteiger partial charge in [-0.2, -0.15) is 18.3 Å². The number of benzene rings is 1. The van der Waals surface area contributed by atoms with Crippen molar-refractivity contribution in [2.24, 2.45) is 0 Å². The summed E-state index contributed by atoms with van der Waals surface area (Å²) in [6.45, 7) is 1.63. The molecular formula is C15H15ClF4N4O. The predicted octanol–water partition coefficient (Wildman–Crippen LogP) is 2.50. The van der Waals surface area contributed by atoms with E-state index in [1.807, 2.05) is 0 Å². The van der Waals surface area contributed by atoms with Crippen molar-refractivity contribution in [3.05, 3.63) is 47.5 Å². The van der Waals surface area contributed by atoms with Crippen LogP contribution in [0.2, 0.25) is 0 Å². The van der Waals surface area contributed by atoms with Crippen LogP contribution in [-0.2, 0) is 6.18 Å². The molecule has 25 heavy (non-hydrogen) atoms. The Balaban J connectivity index is 0.00000225. The summed E-state index contributed by atoms with van der Waals surface area (Å²) < 4.78 is 54.9. The molecule has 0 radical (unpaired) electrons. The second kappa shape index (κ2) is 7.40. The summed E-state index contributed by atoms with van der Waals surface area (Å²) in [4.78, 5) is 13.8. The Bertz CT molecular complexity index is 756. The molecule has 2 aromatic rings. The maximum atomic E-state index is 13.9. The van der Waals surface area contributed by atoms with Crippen LogP contribution in [0.15, 0.2) is 30.5 Å². The van der Waals surface area contributed by atoms with Gasteiger partial charge in [0.15, 0.2) is 5.69 Å². The molecule has 0 atom stereocenters. The molecule has 2 heterocycles. The summed E-state index contributed by atoms with van der Waals surface area (Å²) >= 11 is 0. The van der Waals surface area contributed by atoms with Gasteiger partial charge in [0, 0.05) is 26.2 Å². The Morgan fingerprint density at radius 2 is 1.80 bits per heavy atom. The zero-order valence-corrected chi connectivity index (χ0v) is 13.7. The number of carbonyl (C=O) groups is 1. The molecule has 3 rings (SSSR count). The van der Waals surface area contributed by atoms with Gasteiger partial charge in [-0.15, -0.1) is 12.4 Å². The number of hydrogen-bond acceptors (Lipinski definition) is 3. The van der Waals surface area contributed by atoms with E-state index in [0.29, 0.717) is 30.9 Å². The van der Waals surface area contributed by atoms with Crippen LogP contribution in [0, 0.1) is 5.82 Å². The van der Waals surface area contributed by atoms with E-state index in [9.17, 15) is 22.4 Å². The second-order valence-electron chi connectivity index (χ2n) is 5.31. The SMILES string of the molecule is Cl.O=C(c1cnn(-c2ccccc2F)c1C(F)(F)F)N1CCNCC1. The first kappa shape index (κ1) is 19.2. The van der Waals surface area contributed by atoms with E-state index < -0.39 is 29.2 Å². The van der Waals surface area contributed by atoms with Gasteiger partial charge in [0.2, 0.25) is 0 Å². The Labute approximate surface area is 147 Å². The highest BCUT2D eigenvalue weighted by Crippen LogP contribution is 2.34. The van der Waals surface area contributed by atoms with Gasteiger partial charge in [0.25, 0.3) is 5.91 Å². The smallest absolute Gasteiger partial charge is 0.336 e. The molecule has 0 aliphatic carbocycles.